The van der Waals surface area contributed by atoms with Crippen molar-refractivity contribution in [3.63, 3.8) is 0 Å². The van der Waals surface area contributed by atoms with Gasteiger partial charge in [0, 0.05) is 13.0 Å². The lowest BCUT2D eigenvalue weighted by Gasteiger charge is -2.14. The summed E-state index contributed by atoms with van der Waals surface area (Å²) in [4.78, 5) is 23.0. The van der Waals surface area contributed by atoms with Crippen LogP contribution in [0.3, 0.4) is 0 Å². The Labute approximate surface area is 141 Å². The van der Waals surface area contributed by atoms with Gasteiger partial charge in [0.2, 0.25) is 15.9 Å². The Hall–Kier alpha value is -1.93. The van der Waals surface area contributed by atoms with E-state index in [-0.39, 0.29) is 17.9 Å². The van der Waals surface area contributed by atoms with Gasteiger partial charge in [-0.25, -0.2) is 17.9 Å². The van der Waals surface area contributed by atoms with Gasteiger partial charge in [-0.15, -0.1) is 0 Å². The normalized spacial score (nSPS) is 15.8. The minimum Gasteiger partial charge on any atom is -0.480 e. The van der Waals surface area contributed by atoms with Crippen molar-refractivity contribution in [3.8, 4) is 0 Å². The van der Waals surface area contributed by atoms with Crippen LogP contribution < -0.4 is 10.0 Å². The number of nitrogens with one attached hydrogen (secondary N) is 2. The van der Waals surface area contributed by atoms with Gasteiger partial charge in [0.15, 0.2) is 0 Å². The largest absolute Gasteiger partial charge is 0.480 e. The summed E-state index contributed by atoms with van der Waals surface area (Å²) in [5.41, 5.74) is 1.12. The van der Waals surface area contributed by atoms with Gasteiger partial charge in [-0.2, -0.15) is 0 Å². The maximum atomic E-state index is 12.4. The van der Waals surface area contributed by atoms with Crippen molar-refractivity contribution in [2.45, 2.75) is 50.5 Å². The molecule has 0 spiro atoms. The van der Waals surface area contributed by atoms with E-state index in [0.717, 1.165) is 5.56 Å². The Morgan fingerprint density at radius 1 is 1.17 bits per heavy atom. The van der Waals surface area contributed by atoms with Crippen molar-refractivity contribution < 1.29 is 23.1 Å². The van der Waals surface area contributed by atoms with Gasteiger partial charge >= 0.3 is 5.97 Å². The molecule has 1 fully saturated rings. The summed E-state index contributed by atoms with van der Waals surface area (Å²) < 4.78 is 27.3. The lowest BCUT2D eigenvalue weighted by molar-refractivity contribution is -0.143. The van der Waals surface area contributed by atoms with Crippen LogP contribution in [0.5, 0.6) is 0 Å². The number of carboxylic acids is 1. The van der Waals surface area contributed by atoms with Crippen molar-refractivity contribution in [3.05, 3.63) is 28.8 Å². The summed E-state index contributed by atoms with van der Waals surface area (Å²) >= 11 is 0. The zero-order valence-electron chi connectivity index (χ0n) is 14.0. The number of carbonyl (C=O) groups is 2. The summed E-state index contributed by atoms with van der Waals surface area (Å²) in [6, 6.07) is 3.58. The number of rotatable bonds is 7. The van der Waals surface area contributed by atoms with Gasteiger partial charge in [-0.1, -0.05) is 17.7 Å². The van der Waals surface area contributed by atoms with Crippen molar-refractivity contribution in [1.29, 1.82) is 0 Å². The van der Waals surface area contributed by atoms with Crippen LogP contribution in [0.4, 0.5) is 0 Å². The Kier molecular flexibility index (Phi) is 5.00. The molecule has 8 heteroatoms. The quantitative estimate of drug-likeness (QED) is 0.676. The molecule has 1 saturated carbocycles. The second-order valence-electron chi connectivity index (χ2n) is 6.31. The van der Waals surface area contributed by atoms with Gasteiger partial charge in [0.25, 0.3) is 0 Å². The van der Waals surface area contributed by atoms with E-state index in [9.17, 15) is 18.0 Å². The molecule has 0 aromatic heterocycles. The maximum Gasteiger partial charge on any atom is 0.329 e. The number of aryl methyl sites for hydroxylation is 3. The van der Waals surface area contributed by atoms with E-state index in [4.69, 9.17) is 5.11 Å². The molecule has 1 aromatic carbocycles. The third-order valence-corrected chi connectivity index (χ3v) is 5.82. The Bertz CT molecular complexity index is 759. The topological polar surface area (TPSA) is 113 Å². The third kappa shape index (κ3) is 3.93. The summed E-state index contributed by atoms with van der Waals surface area (Å²) in [5.74, 6) is -1.53. The van der Waals surface area contributed by atoms with Crippen LogP contribution in [-0.2, 0) is 19.6 Å². The molecule has 1 aromatic rings. The molecule has 1 aliphatic carbocycles. The molecule has 1 amide bonds. The monoisotopic (exact) mass is 354 g/mol. The van der Waals surface area contributed by atoms with Crippen LogP contribution in [0.1, 0.15) is 36.0 Å². The fourth-order valence-electron chi connectivity index (χ4n) is 2.81. The van der Waals surface area contributed by atoms with Crippen molar-refractivity contribution in [2.24, 2.45) is 0 Å². The van der Waals surface area contributed by atoms with Crippen LogP contribution in [-0.4, -0.2) is 37.5 Å². The molecule has 0 heterocycles. The van der Waals surface area contributed by atoms with Crippen LogP contribution in [0.25, 0.3) is 0 Å². The molecule has 7 nitrogen and oxygen atoms in total. The Morgan fingerprint density at radius 3 is 2.17 bits per heavy atom. The average Bonchev–Trinajstić information content (AvgIpc) is 3.17. The van der Waals surface area contributed by atoms with Crippen molar-refractivity contribution in [1.82, 2.24) is 10.0 Å². The highest BCUT2D eigenvalue weighted by Gasteiger charge is 2.51. The number of sulfonamides is 1. The van der Waals surface area contributed by atoms with Gasteiger partial charge in [0.05, 0.1) is 4.90 Å². The highest BCUT2D eigenvalue weighted by Crippen LogP contribution is 2.35. The van der Waals surface area contributed by atoms with Crippen LogP contribution >= 0.6 is 0 Å². The van der Waals surface area contributed by atoms with Gasteiger partial charge in [-0.05, 0) is 44.7 Å². The molecule has 24 heavy (non-hydrogen) atoms. The van der Waals surface area contributed by atoms with Gasteiger partial charge in [-0.3, -0.25) is 4.79 Å². The van der Waals surface area contributed by atoms with E-state index in [0.29, 0.717) is 24.0 Å². The van der Waals surface area contributed by atoms with Crippen molar-refractivity contribution >= 4 is 21.9 Å². The number of hydrogen-bond acceptors (Lipinski definition) is 4. The summed E-state index contributed by atoms with van der Waals surface area (Å²) in [6.07, 6.45) is 0.696. The zero-order valence-corrected chi connectivity index (χ0v) is 14.8. The number of hydrogen-bond donors (Lipinski definition) is 3. The molecule has 0 aliphatic heterocycles. The molecule has 0 radical (unpaired) electrons. The van der Waals surface area contributed by atoms with E-state index in [1.54, 1.807) is 26.0 Å². The van der Waals surface area contributed by atoms with Crippen LogP contribution in [0, 0.1) is 20.8 Å². The SMILES string of the molecule is Cc1cc(C)c(S(=O)(=O)NCCC(=O)NC2(C(=O)O)CC2)c(C)c1. The molecule has 132 valence electrons. The fourth-order valence-corrected chi connectivity index (χ4v) is 4.29. The minimum atomic E-state index is -3.72. The first-order chi connectivity index (χ1) is 11.1. The zero-order chi connectivity index (χ0) is 18.1. The average molecular weight is 354 g/mol. The number of benzene rings is 1. The first kappa shape index (κ1) is 18.4. The molecular weight excluding hydrogens is 332 g/mol. The molecule has 0 unspecified atom stereocenters. The lowest BCUT2D eigenvalue weighted by atomic mass is 10.1. The summed E-state index contributed by atoms with van der Waals surface area (Å²) in [7, 11) is -3.72. The molecule has 0 bridgehead atoms. The van der Waals surface area contributed by atoms with E-state index in [2.05, 4.69) is 10.0 Å². The lowest BCUT2D eigenvalue weighted by Crippen LogP contribution is -2.44. The van der Waals surface area contributed by atoms with Crippen LogP contribution in [0.15, 0.2) is 17.0 Å². The molecule has 0 saturated heterocycles. The number of aliphatic carboxylic acids is 1. The number of carbonyl (C=O) groups excluding carboxylic acids is 1. The Balaban J connectivity index is 1.97. The minimum absolute atomic E-state index is 0.0867. The molecule has 1 aliphatic rings. The molecule has 3 N–H and O–H groups in total. The third-order valence-electron chi connectivity index (χ3n) is 4.06. The predicted molar refractivity (Wildman–Crippen MR) is 88.2 cm³/mol. The van der Waals surface area contributed by atoms with E-state index >= 15 is 0 Å². The van der Waals surface area contributed by atoms with E-state index in [1.807, 2.05) is 6.92 Å². The van der Waals surface area contributed by atoms with E-state index < -0.39 is 27.4 Å². The predicted octanol–water partition coefficient (Wildman–Crippen LogP) is 1.01. The van der Waals surface area contributed by atoms with E-state index in [1.165, 1.54) is 0 Å². The number of carboxylic acid groups (broad SMARTS) is 1. The van der Waals surface area contributed by atoms with Crippen molar-refractivity contribution in [2.75, 3.05) is 6.54 Å². The standard InChI is InChI=1S/C16H22N2O5S/c1-10-8-11(2)14(12(3)9-10)24(22,23)17-7-4-13(19)18-16(5-6-16)15(20)21/h8-9,17H,4-7H2,1-3H3,(H,18,19)(H,20,21). The summed E-state index contributed by atoms with van der Waals surface area (Å²) in [5, 5.41) is 11.5. The maximum absolute atomic E-state index is 12.4. The highest BCUT2D eigenvalue weighted by molar-refractivity contribution is 7.89. The number of amides is 1. The molecular formula is C16H22N2O5S. The van der Waals surface area contributed by atoms with Gasteiger partial charge < -0.3 is 10.4 Å². The van der Waals surface area contributed by atoms with Crippen LogP contribution in [0.2, 0.25) is 0 Å². The smallest absolute Gasteiger partial charge is 0.329 e. The second-order valence-corrected chi connectivity index (χ2v) is 8.01. The first-order valence-electron chi connectivity index (χ1n) is 7.69. The summed E-state index contributed by atoms with van der Waals surface area (Å²) in [6.45, 7) is 5.26. The fraction of sp³-hybridized carbons (Fsp3) is 0.500. The molecule has 0 atom stereocenters. The highest BCUT2D eigenvalue weighted by atomic mass is 32.2. The molecule has 2 rings (SSSR count). The van der Waals surface area contributed by atoms with Gasteiger partial charge in [0.1, 0.15) is 5.54 Å². The second kappa shape index (κ2) is 6.52. The first-order valence-corrected chi connectivity index (χ1v) is 9.18. The Morgan fingerprint density at radius 2 is 1.71 bits per heavy atom.